The van der Waals surface area contributed by atoms with Crippen LogP contribution in [-0.2, 0) is 22.2 Å². The molecule has 134 valence electrons. The number of rotatable bonds is 5. The Morgan fingerprint density at radius 2 is 1.52 bits per heavy atom. The molecule has 2 aromatic rings. The average Bonchev–Trinajstić information content (AvgIpc) is 2.60. The van der Waals surface area contributed by atoms with Gasteiger partial charge in [-0.1, -0.05) is 59.6 Å². The Kier molecular flexibility index (Phi) is 6.05. The molecule has 1 aliphatic heterocycles. The third-order valence-electron chi connectivity index (χ3n) is 4.72. The van der Waals surface area contributed by atoms with E-state index in [9.17, 15) is 8.42 Å². The number of halogens is 2. The molecule has 0 aromatic heterocycles. The second kappa shape index (κ2) is 8.09. The van der Waals surface area contributed by atoms with Gasteiger partial charge in [-0.15, -0.1) is 0 Å². The molecule has 0 aliphatic carbocycles. The highest BCUT2D eigenvalue weighted by Crippen LogP contribution is 2.29. The van der Waals surface area contributed by atoms with Crippen LogP contribution in [0.25, 0.3) is 0 Å². The number of hydrogen-bond donors (Lipinski definition) is 0. The van der Waals surface area contributed by atoms with Crippen molar-refractivity contribution in [2.45, 2.75) is 25.0 Å². The van der Waals surface area contributed by atoms with Crippen LogP contribution in [0.4, 0.5) is 0 Å². The lowest BCUT2D eigenvalue weighted by Crippen LogP contribution is -2.39. The molecule has 1 aliphatic rings. The standard InChI is InChI=1S/C19H21Cl2NO2S/c20-18-7-4-8-19(21)17(18)14-25(23,24)22-11-9-16(10-12-22)13-15-5-2-1-3-6-15/h1-8,16H,9-14H2. The number of nitrogens with zero attached hydrogens (tertiary/aromatic N) is 1. The van der Waals surface area contributed by atoms with Crippen molar-refractivity contribution in [2.24, 2.45) is 5.92 Å². The minimum atomic E-state index is -3.41. The minimum absolute atomic E-state index is 0.144. The van der Waals surface area contributed by atoms with Crippen LogP contribution in [0.5, 0.6) is 0 Å². The predicted octanol–water partition coefficient (Wildman–Crippen LogP) is 4.78. The monoisotopic (exact) mass is 397 g/mol. The van der Waals surface area contributed by atoms with Crippen LogP contribution >= 0.6 is 23.2 Å². The third kappa shape index (κ3) is 4.76. The third-order valence-corrected chi connectivity index (χ3v) is 7.24. The van der Waals surface area contributed by atoms with E-state index in [2.05, 4.69) is 12.1 Å². The molecule has 1 heterocycles. The minimum Gasteiger partial charge on any atom is -0.212 e. The molecule has 6 heteroatoms. The average molecular weight is 398 g/mol. The molecule has 2 aromatic carbocycles. The molecule has 3 nitrogen and oxygen atoms in total. The Hall–Kier alpha value is -1.07. The van der Waals surface area contributed by atoms with Crippen LogP contribution < -0.4 is 0 Å². The van der Waals surface area contributed by atoms with Crippen LogP contribution in [0, 0.1) is 5.92 Å². The van der Waals surface area contributed by atoms with E-state index in [0.717, 1.165) is 19.3 Å². The Morgan fingerprint density at radius 3 is 2.12 bits per heavy atom. The van der Waals surface area contributed by atoms with Gasteiger partial charge in [0.2, 0.25) is 10.0 Å². The van der Waals surface area contributed by atoms with Crippen molar-refractivity contribution >= 4 is 33.2 Å². The summed E-state index contributed by atoms with van der Waals surface area (Å²) in [6.07, 6.45) is 2.76. The van der Waals surface area contributed by atoms with Crippen molar-refractivity contribution in [2.75, 3.05) is 13.1 Å². The van der Waals surface area contributed by atoms with E-state index in [1.165, 1.54) is 5.56 Å². The van der Waals surface area contributed by atoms with E-state index in [4.69, 9.17) is 23.2 Å². The topological polar surface area (TPSA) is 37.4 Å². The number of piperidine rings is 1. The molecule has 0 bridgehead atoms. The van der Waals surface area contributed by atoms with E-state index in [1.54, 1.807) is 22.5 Å². The fourth-order valence-corrected chi connectivity index (χ4v) is 5.60. The first-order chi connectivity index (χ1) is 12.0. The van der Waals surface area contributed by atoms with Crippen LogP contribution in [0.1, 0.15) is 24.0 Å². The maximum absolute atomic E-state index is 12.7. The Morgan fingerprint density at radius 1 is 0.920 bits per heavy atom. The SMILES string of the molecule is O=S(=O)(Cc1c(Cl)cccc1Cl)N1CCC(Cc2ccccc2)CC1. The van der Waals surface area contributed by atoms with Gasteiger partial charge < -0.3 is 0 Å². The lowest BCUT2D eigenvalue weighted by Gasteiger charge is -2.31. The summed E-state index contributed by atoms with van der Waals surface area (Å²) in [6, 6.07) is 15.4. The summed E-state index contributed by atoms with van der Waals surface area (Å²) in [4.78, 5) is 0. The summed E-state index contributed by atoms with van der Waals surface area (Å²) < 4.78 is 27.0. The molecule has 1 fully saturated rings. The number of benzene rings is 2. The van der Waals surface area contributed by atoms with Gasteiger partial charge in [-0.05, 0) is 42.9 Å². The molecule has 0 radical (unpaired) electrons. The molecule has 0 N–H and O–H groups in total. The normalized spacial score (nSPS) is 16.9. The van der Waals surface area contributed by atoms with Gasteiger partial charge in [0.15, 0.2) is 0 Å². The highest BCUT2D eigenvalue weighted by Gasteiger charge is 2.29. The zero-order valence-electron chi connectivity index (χ0n) is 13.9. The zero-order chi connectivity index (χ0) is 17.9. The fraction of sp³-hybridized carbons (Fsp3) is 0.368. The van der Waals surface area contributed by atoms with Crippen molar-refractivity contribution in [1.29, 1.82) is 0 Å². The number of sulfonamides is 1. The molecule has 0 amide bonds. The Bertz CT molecular complexity index is 796. The van der Waals surface area contributed by atoms with Gasteiger partial charge in [0.25, 0.3) is 0 Å². The molecule has 1 saturated heterocycles. The lowest BCUT2D eigenvalue weighted by molar-refractivity contribution is 0.272. The smallest absolute Gasteiger partial charge is 0.212 e. The van der Waals surface area contributed by atoms with Crippen molar-refractivity contribution in [1.82, 2.24) is 4.31 Å². The molecular weight excluding hydrogens is 377 g/mol. The van der Waals surface area contributed by atoms with E-state index in [-0.39, 0.29) is 5.75 Å². The molecule has 0 saturated carbocycles. The maximum atomic E-state index is 12.7. The summed E-state index contributed by atoms with van der Waals surface area (Å²) in [5, 5.41) is 0.796. The quantitative estimate of drug-likeness (QED) is 0.727. The molecule has 0 unspecified atom stereocenters. The first-order valence-corrected chi connectivity index (χ1v) is 10.8. The van der Waals surface area contributed by atoms with Crippen molar-refractivity contribution in [3.05, 3.63) is 69.7 Å². The van der Waals surface area contributed by atoms with Crippen LogP contribution in [0.3, 0.4) is 0 Å². The van der Waals surface area contributed by atoms with Crippen molar-refractivity contribution in [3.8, 4) is 0 Å². The van der Waals surface area contributed by atoms with Crippen molar-refractivity contribution < 1.29 is 8.42 Å². The molecular formula is C19H21Cl2NO2S. The van der Waals surface area contributed by atoms with Gasteiger partial charge in [0.05, 0.1) is 5.75 Å². The first-order valence-electron chi connectivity index (χ1n) is 8.40. The molecule has 25 heavy (non-hydrogen) atoms. The maximum Gasteiger partial charge on any atom is 0.218 e. The Balaban J connectivity index is 1.62. The summed E-state index contributed by atoms with van der Waals surface area (Å²) in [5.41, 5.74) is 1.80. The summed E-state index contributed by atoms with van der Waals surface area (Å²) in [6.45, 7) is 1.11. The largest absolute Gasteiger partial charge is 0.218 e. The van der Waals surface area contributed by atoms with Gasteiger partial charge in [-0.3, -0.25) is 0 Å². The predicted molar refractivity (Wildman–Crippen MR) is 104 cm³/mol. The first kappa shape index (κ1) is 18.7. The van der Waals surface area contributed by atoms with Gasteiger partial charge in [0, 0.05) is 28.7 Å². The van der Waals surface area contributed by atoms with E-state index < -0.39 is 10.0 Å². The fourth-order valence-electron chi connectivity index (χ4n) is 3.28. The molecule has 0 spiro atoms. The van der Waals surface area contributed by atoms with Crippen LogP contribution in [-0.4, -0.2) is 25.8 Å². The second-order valence-corrected chi connectivity index (χ2v) is 9.27. The van der Waals surface area contributed by atoms with Gasteiger partial charge >= 0.3 is 0 Å². The molecule has 0 atom stereocenters. The van der Waals surface area contributed by atoms with Gasteiger partial charge in [-0.25, -0.2) is 12.7 Å². The zero-order valence-corrected chi connectivity index (χ0v) is 16.2. The van der Waals surface area contributed by atoms with Gasteiger partial charge in [0.1, 0.15) is 0 Å². The second-order valence-electron chi connectivity index (χ2n) is 6.49. The van der Waals surface area contributed by atoms with E-state index >= 15 is 0 Å². The van der Waals surface area contributed by atoms with Crippen LogP contribution in [0.15, 0.2) is 48.5 Å². The number of hydrogen-bond acceptors (Lipinski definition) is 2. The summed E-state index contributed by atoms with van der Waals surface area (Å²) in [7, 11) is -3.41. The van der Waals surface area contributed by atoms with Gasteiger partial charge in [-0.2, -0.15) is 0 Å². The highest BCUT2D eigenvalue weighted by molar-refractivity contribution is 7.88. The summed E-state index contributed by atoms with van der Waals surface area (Å²) in [5.74, 6) is 0.382. The lowest BCUT2D eigenvalue weighted by atomic mass is 9.91. The molecule has 3 rings (SSSR count). The summed E-state index contributed by atoms with van der Waals surface area (Å²) >= 11 is 12.2. The van der Waals surface area contributed by atoms with Crippen LogP contribution in [0.2, 0.25) is 10.0 Å². The highest BCUT2D eigenvalue weighted by atomic mass is 35.5. The van der Waals surface area contributed by atoms with E-state index in [0.29, 0.717) is 34.6 Å². The van der Waals surface area contributed by atoms with Crippen molar-refractivity contribution in [3.63, 3.8) is 0 Å². The van der Waals surface area contributed by atoms with E-state index in [1.807, 2.05) is 18.2 Å². The Labute approximate surface area is 159 Å².